The van der Waals surface area contributed by atoms with Gasteiger partial charge in [-0.05, 0) is 44.2 Å². The highest BCUT2D eigenvalue weighted by Crippen LogP contribution is 2.29. The molecule has 1 fully saturated rings. The molecule has 0 aromatic carbocycles. The lowest BCUT2D eigenvalue weighted by Crippen LogP contribution is -2.31. The van der Waals surface area contributed by atoms with Crippen molar-refractivity contribution < 1.29 is 0 Å². The molecule has 1 aliphatic carbocycles. The van der Waals surface area contributed by atoms with Gasteiger partial charge in [0.1, 0.15) is 0 Å². The van der Waals surface area contributed by atoms with Crippen LogP contribution >= 0.6 is 0 Å². The predicted molar refractivity (Wildman–Crippen MR) is 57.7 cm³/mol. The van der Waals surface area contributed by atoms with Crippen LogP contribution in [0, 0.1) is 11.8 Å². The van der Waals surface area contributed by atoms with Gasteiger partial charge >= 0.3 is 0 Å². The van der Waals surface area contributed by atoms with Crippen LogP contribution in [0.4, 0.5) is 0 Å². The minimum Gasteiger partial charge on any atom is -0.330 e. The first-order chi connectivity index (χ1) is 6.26. The fourth-order valence-electron chi connectivity index (χ4n) is 1.81. The summed E-state index contributed by atoms with van der Waals surface area (Å²) in [6, 6.07) is 0. The van der Waals surface area contributed by atoms with Crippen molar-refractivity contribution in [3.05, 3.63) is 0 Å². The van der Waals surface area contributed by atoms with Crippen LogP contribution in [0.25, 0.3) is 0 Å². The third kappa shape index (κ3) is 4.63. The second-order valence-corrected chi connectivity index (χ2v) is 4.48. The smallest absolute Gasteiger partial charge is 0.000966 e. The van der Waals surface area contributed by atoms with Crippen molar-refractivity contribution in [1.29, 1.82) is 0 Å². The summed E-state index contributed by atoms with van der Waals surface area (Å²) in [6.45, 7) is 9.17. The Kier molecular flexibility index (Phi) is 4.74. The highest BCUT2D eigenvalue weighted by atomic mass is 15.1. The zero-order valence-corrected chi connectivity index (χ0v) is 9.13. The maximum absolute atomic E-state index is 5.54. The summed E-state index contributed by atoms with van der Waals surface area (Å²) in [5, 5.41) is 0. The second-order valence-electron chi connectivity index (χ2n) is 4.48. The third-order valence-electron chi connectivity index (χ3n) is 2.89. The SMILES string of the molecule is CCN(CC(C)CCN)CC1CC1. The maximum Gasteiger partial charge on any atom is 0.000966 e. The topological polar surface area (TPSA) is 29.3 Å². The molecule has 1 atom stereocenters. The van der Waals surface area contributed by atoms with Crippen LogP contribution in [0.15, 0.2) is 0 Å². The minimum atomic E-state index is 0.767. The lowest BCUT2D eigenvalue weighted by Gasteiger charge is -2.23. The molecule has 0 radical (unpaired) electrons. The van der Waals surface area contributed by atoms with Crippen LogP contribution in [0.3, 0.4) is 0 Å². The molecule has 2 nitrogen and oxygen atoms in total. The van der Waals surface area contributed by atoms with Crippen molar-refractivity contribution in [1.82, 2.24) is 4.90 Å². The number of hydrogen-bond acceptors (Lipinski definition) is 2. The molecule has 0 heterocycles. The van der Waals surface area contributed by atoms with E-state index in [2.05, 4.69) is 18.7 Å². The van der Waals surface area contributed by atoms with E-state index < -0.39 is 0 Å². The van der Waals surface area contributed by atoms with Crippen LogP contribution in [0.2, 0.25) is 0 Å². The minimum absolute atomic E-state index is 0.767. The molecular formula is C11H24N2. The van der Waals surface area contributed by atoms with Gasteiger partial charge < -0.3 is 10.6 Å². The molecule has 0 aromatic heterocycles. The van der Waals surface area contributed by atoms with Gasteiger partial charge in [-0.3, -0.25) is 0 Å². The quantitative estimate of drug-likeness (QED) is 0.652. The first-order valence-electron chi connectivity index (χ1n) is 5.68. The van der Waals surface area contributed by atoms with Crippen LogP contribution in [-0.4, -0.2) is 31.1 Å². The molecule has 0 aliphatic heterocycles. The first-order valence-corrected chi connectivity index (χ1v) is 5.68. The highest BCUT2D eigenvalue weighted by Gasteiger charge is 2.23. The highest BCUT2D eigenvalue weighted by molar-refractivity contribution is 4.77. The molecule has 1 aliphatic rings. The fourth-order valence-corrected chi connectivity index (χ4v) is 1.81. The summed E-state index contributed by atoms with van der Waals surface area (Å²) in [4.78, 5) is 2.58. The van der Waals surface area contributed by atoms with Gasteiger partial charge in [0.2, 0.25) is 0 Å². The zero-order valence-electron chi connectivity index (χ0n) is 9.13. The summed E-state index contributed by atoms with van der Waals surface area (Å²) >= 11 is 0. The molecule has 0 saturated heterocycles. The normalized spacial score (nSPS) is 19.4. The van der Waals surface area contributed by atoms with Gasteiger partial charge in [-0.25, -0.2) is 0 Å². The van der Waals surface area contributed by atoms with Gasteiger partial charge in [-0.2, -0.15) is 0 Å². The van der Waals surface area contributed by atoms with E-state index in [4.69, 9.17) is 5.73 Å². The Morgan fingerprint density at radius 3 is 2.62 bits per heavy atom. The van der Waals surface area contributed by atoms with Crippen molar-refractivity contribution in [2.24, 2.45) is 17.6 Å². The van der Waals surface area contributed by atoms with E-state index in [9.17, 15) is 0 Å². The number of nitrogens with two attached hydrogens (primary N) is 1. The van der Waals surface area contributed by atoms with Gasteiger partial charge in [-0.1, -0.05) is 13.8 Å². The van der Waals surface area contributed by atoms with Crippen molar-refractivity contribution in [3.63, 3.8) is 0 Å². The van der Waals surface area contributed by atoms with E-state index in [1.54, 1.807) is 0 Å². The van der Waals surface area contributed by atoms with Gasteiger partial charge in [0.15, 0.2) is 0 Å². The summed E-state index contributed by atoms with van der Waals surface area (Å²) in [5.74, 6) is 1.79. The number of hydrogen-bond donors (Lipinski definition) is 1. The molecule has 78 valence electrons. The molecule has 1 rings (SSSR count). The largest absolute Gasteiger partial charge is 0.330 e. The van der Waals surface area contributed by atoms with Crippen molar-refractivity contribution in [2.75, 3.05) is 26.2 Å². The zero-order chi connectivity index (χ0) is 9.68. The lowest BCUT2D eigenvalue weighted by molar-refractivity contribution is 0.235. The van der Waals surface area contributed by atoms with Crippen molar-refractivity contribution in [2.45, 2.75) is 33.1 Å². The Morgan fingerprint density at radius 2 is 2.15 bits per heavy atom. The molecule has 2 heteroatoms. The molecule has 0 bridgehead atoms. The van der Waals surface area contributed by atoms with Crippen molar-refractivity contribution in [3.8, 4) is 0 Å². The molecule has 1 unspecified atom stereocenters. The maximum atomic E-state index is 5.54. The Bertz CT molecular complexity index is 132. The van der Waals surface area contributed by atoms with E-state index in [-0.39, 0.29) is 0 Å². The molecule has 13 heavy (non-hydrogen) atoms. The summed E-state index contributed by atoms with van der Waals surface area (Å²) in [7, 11) is 0. The van der Waals surface area contributed by atoms with E-state index >= 15 is 0 Å². The average molecular weight is 184 g/mol. The van der Waals surface area contributed by atoms with Gasteiger partial charge in [0.05, 0.1) is 0 Å². The van der Waals surface area contributed by atoms with Crippen LogP contribution in [-0.2, 0) is 0 Å². The van der Waals surface area contributed by atoms with Gasteiger partial charge in [0, 0.05) is 13.1 Å². The molecule has 2 N–H and O–H groups in total. The number of rotatable bonds is 7. The van der Waals surface area contributed by atoms with Crippen LogP contribution in [0.5, 0.6) is 0 Å². The molecule has 0 amide bonds. The Labute approximate surface area is 82.5 Å². The predicted octanol–water partition coefficient (Wildman–Crippen LogP) is 1.70. The van der Waals surface area contributed by atoms with E-state index in [1.807, 2.05) is 0 Å². The summed E-state index contributed by atoms with van der Waals surface area (Å²) < 4.78 is 0. The Morgan fingerprint density at radius 1 is 1.46 bits per heavy atom. The molecule has 0 aromatic rings. The van der Waals surface area contributed by atoms with Crippen LogP contribution < -0.4 is 5.73 Å². The Hall–Kier alpha value is -0.0800. The van der Waals surface area contributed by atoms with E-state index in [0.717, 1.165) is 18.4 Å². The van der Waals surface area contributed by atoms with E-state index in [0.29, 0.717) is 0 Å². The number of nitrogens with zero attached hydrogens (tertiary/aromatic N) is 1. The summed E-state index contributed by atoms with van der Waals surface area (Å²) in [5.41, 5.74) is 5.54. The van der Waals surface area contributed by atoms with Crippen molar-refractivity contribution >= 4 is 0 Å². The van der Waals surface area contributed by atoms with Gasteiger partial charge in [-0.15, -0.1) is 0 Å². The third-order valence-corrected chi connectivity index (χ3v) is 2.89. The monoisotopic (exact) mass is 184 g/mol. The first kappa shape index (κ1) is 11.0. The molecule has 0 spiro atoms. The second kappa shape index (κ2) is 5.61. The molecule has 1 saturated carbocycles. The van der Waals surface area contributed by atoms with Crippen LogP contribution in [0.1, 0.15) is 33.1 Å². The van der Waals surface area contributed by atoms with Gasteiger partial charge in [0.25, 0.3) is 0 Å². The Balaban J connectivity index is 2.13. The summed E-state index contributed by atoms with van der Waals surface area (Å²) in [6.07, 6.45) is 4.09. The average Bonchev–Trinajstić information content (AvgIpc) is 2.87. The fraction of sp³-hybridized carbons (Fsp3) is 1.00. The standard InChI is InChI=1S/C11H24N2/c1-3-13(9-11-4-5-11)8-10(2)6-7-12/h10-11H,3-9,12H2,1-2H3. The lowest BCUT2D eigenvalue weighted by atomic mass is 10.1. The van der Waals surface area contributed by atoms with E-state index in [1.165, 1.54) is 38.9 Å². The molecular weight excluding hydrogens is 160 g/mol.